The van der Waals surface area contributed by atoms with E-state index in [1.165, 1.54) is 0 Å². The Balaban J connectivity index is 1.61. The van der Waals surface area contributed by atoms with E-state index in [0.29, 0.717) is 11.5 Å². The van der Waals surface area contributed by atoms with Crippen LogP contribution in [0.25, 0.3) is 11.5 Å². The van der Waals surface area contributed by atoms with Crippen LogP contribution in [0.2, 0.25) is 0 Å². The summed E-state index contributed by atoms with van der Waals surface area (Å²) in [4.78, 5) is 17.0. The van der Waals surface area contributed by atoms with Gasteiger partial charge in [0.15, 0.2) is 0 Å². The highest BCUT2D eigenvalue weighted by molar-refractivity contribution is 5.96. The zero-order chi connectivity index (χ0) is 18.5. The van der Waals surface area contributed by atoms with Crippen molar-refractivity contribution in [3.63, 3.8) is 0 Å². The Morgan fingerprint density at radius 2 is 1.52 bits per heavy atom. The lowest BCUT2D eigenvalue weighted by atomic mass is 9.90. The van der Waals surface area contributed by atoms with Crippen molar-refractivity contribution in [1.29, 1.82) is 0 Å². The third kappa shape index (κ3) is 3.74. The number of aromatic nitrogens is 3. The van der Waals surface area contributed by atoms with E-state index in [9.17, 15) is 4.79 Å². The predicted molar refractivity (Wildman–Crippen MR) is 101 cm³/mol. The number of benzene rings is 2. The molecule has 6 nitrogen and oxygen atoms in total. The number of hydrogen-bond donors (Lipinski definition) is 1. The van der Waals surface area contributed by atoms with Gasteiger partial charge in [0, 0.05) is 12.4 Å². The molecule has 0 radical (unpaired) electrons. The molecule has 132 valence electrons. The van der Waals surface area contributed by atoms with Crippen molar-refractivity contribution in [2.24, 2.45) is 0 Å². The summed E-state index contributed by atoms with van der Waals surface area (Å²) >= 11 is 0. The van der Waals surface area contributed by atoms with E-state index in [-0.39, 0.29) is 11.9 Å². The summed E-state index contributed by atoms with van der Waals surface area (Å²) in [7, 11) is 0. The van der Waals surface area contributed by atoms with Gasteiger partial charge in [-0.3, -0.25) is 15.1 Å². The minimum Gasteiger partial charge on any atom is -0.403 e. The zero-order valence-corrected chi connectivity index (χ0v) is 14.3. The third-order valence-electron chi connectivity index (χ3n) is 4.09. The van der Waals surface area contributed by atoms with Crippen molar-refractivity contribution in [3.05, 3.63) is 96.3 Å². The maximum atomic E-state index is 13.0. The number of nitrogens with one attached hydrogen (secondary N) is 1. The number of carbonyl (C=O) groups excluding carboxylic acids is 1. The average molecular weight is 356 g/mol. The van der Waals surface area contributed by atoms with Crippen molar-refractivity contribution in [1.82, 2.24) is 15.2 Å². The van der Waals surface area contributed by atoms with Crippen LogP contribution in [0.4, 0.5) is 6.01 Å². The van der Waals surface area contributed by atoms with Gasteiger partial charge in [-0.05, 0) is 23.3 Å². The molecule has 0 bridgehead atoms. The fraction of sp³-hybridized carbons (Fsp3) is 0.0476. The summed E-state index contributed by atoms with van der Waals surface area (Å²) in [6.07, 6.45) is 3.28. The van der Waals surface area contributed by atoms with E-state index in [4.69, 9.17) is 4.42 Å². The van der Waals surface area contributed by atoms with Crippen LogP contribution >= 0.6 is 0 Å². The van der Waals surface area contributed by atoms with Gasteiger partial charge >= 0.3 is 6.01 Å². The molecular weight excluding hydrogens is 340 g/mol. The summed E-state index contributed by atoms with van der Waals surface area (Å²) in [5, 5.41) is 10.6. The predicted octanol–water partition coefficient (Wildman–Crippen LogP) is 3.90. The summed E-state index contributed by atoms with van der Waals surface area (Å²) in [5.74, 6) is -0.427. The van der Waals surface area contributed by atoms with Crippen molar-refractivity contribution >= 4 is 11.9 Å². The Hall–Kier alpha value is -3.80. The molecule has 0 atom stereocenters. The van der Waals surface area contributed by atoms with Crippen LogP contribution in [0.5, 0.6) is 0 Å². The molecule has 0 spiro atoms. The highest BCUT2D eigenvalue weighted by Crippen LogP contribution is 2.26. The maximum absolute atomic E-state index is 13.0. The molecule has 0 fully saturated rings. The lowest BCUT2D eigenvalue weighted by Crippen LogP contribution is -2.22. The Morgan fingerprint density at radius 3 is 2.11 bits per heavy atom. The normalized spacial score (nSPS) is 10.7. The topological polar surface area (TPSA) is 80.9 Å². The molecule has 0 aliphatic rings. The first-order chi connectivity index (χ1) is 13.3. The van der Waals surface area contributed by atoms with Crippen LogP contribution in [-0.4, -0.2) is 21.1 Å². The minimum absolute atomic E-state index is 0.0516. The second kappa shape index (κ2) is 7.61. The number of anilines is 1. The fourth-order valence-corrected chi connectivity index (χ4v) is 2.84. The number of hydrogen-bond acceptors (Lipinski definition) is 5. The van der Waals surface area contributed by atoms with Gasteiger partial charge in [0.1, 0.15) is 0 Å². The van der Waals surface area contributed by atoms with E-state index in [2.05, 4.69) is 20.5 Å². The van der Waals surface area contributed by atoms with E-state index < -0.39 is 5.92 Å². The molecule has 2 aromatic carbocycles. The van der Waals surface area contributed by atoms with E-state index in [1.54, 1.807) is 18.5 Å². The first-order valence-electron chi connectivity index (χ1n) is 8.46. The van der Waals surface area contributed by atoms with Crippen LogP contribution < -0.4 is 5.32 Å². The Labute approximate surface area is 155 Å². The molecule has 6 heteroatoms. The van der Waals surface area contributed by atoms with Crippen LogP contribution in [0.1, 0.15) is 17.0 Å². The average Bonchev–Trinajstić information content (AvgIpc) is 3.19. The first kappa shape index (κ1) is 16.7. The summed E-state index contributed by atoms with van der Waals surface area (Å²) in [6.45, 7) is 0. The second-order valence-electron chi connectivity index (χ2n) is 5.90. The Morgan fingerprint density at radius 1 is 0.852 bits per heavy atom. The quantitative estimate of drug-likeness (QED) is 0.586. The van der Waals surface area contributed by atoms with Gasteiger partial charge in [-0.2, -0.15) is 0 Å². The van der Waals surface area contributed by atoms with Crippen LogP contribution in [0.15, 0.2) is 89.6 Å². The Bertz CT molecular complexity index is 978. The monoisotopic (exact) mass is 356 g/mol. The molecule has 1 amide bonds. The van der Waals surface area contributed by atoms with Gasteiger partial charge in [-0.1, -0.05) is 65.8 Å². The van der Waals surface area contributed by atoms with Crippen LogP contribution in [0, 0.1) is 0 Å². The van der Waals surface area contributed by atoms with Gasteiger partial charge in [0.05, 0.1) is 11.5 Å². The molecule has 2 heterocycles. The fourth-order valence-electron chi connectivity index (χ4n) is 2.84. The molecule has 4 aromatic rings. The van der Waals surface area contributed by atoms with Crippen molar-refractivity contribution < 1.29 is 9.21 Å². The number of rotatable bonds is 5. The highest BCUT2D eigenvalue weighted by Gasteiger charge is 2.24. The molecule has 0 aliphatic carbocycles. The van der Waals surface area contributed by atoms with Gasteiger partial charge in [-0.15, -0.1) is 5.10 Å². The van der Waals surface area contributed by atoms with Crippen molar-refractivity contribution in [2.45, 2.75) is 5.92 Å². The maximum Gasteiger partial charge on any atom is 0.322 e. The summed E-state index contributed by atoms with van der Waals surface area (Å²) in [6, 6.07) is 22.8. The molecule has 27 heavy (non-hydrogen) atoms. The smallest absolute Gasteiger partial charge is 0.322 e. The third-order valence-corrected chi connectivity index (χ3v) is 4.09. The number of pyridine rings is 1. The molecule has 4 rings (SSSR count). The van der Waals surface area contributed by atoms with Gasteiger partial charge in [0.2, 0.25) is 5.91 Å². The SMILES string of the molecule is O=C(Nc1nnc(-c2cccnc2)o1)C(c1ccccc1)c1ccccc1. The first-order valence-corrected chi connectivity index (χ1v) is 8.46. The largest absolute Gasteiger partial charge is 0.403 e. The summed E-state index contributed by atoms with van der Waals surface area (Å²) in [5.41, 5.74) is 2.45. The minimum atomic E-state index is -0.485. The Kier molecular flexibility index (Phi) is 4.70. The molecule has 0 unspecified atom stereocenters. The zero-order valence-electron chi connectivity index (χ0n) is 14.3. The molecule has 0 aliphatic heterocycles. The van der Waals surface area contributed by atoms with Crippen LogP contribution in [0.3, 0.4) is 0 Å². The van der Waals surface area contributed by atoms with Gasteiger partial charge in [-0.25, -0.2) is 0 Å². The van der Waals surface area contributed by atoms with Gasteiger partial charge in [0.25, 0.3) is 5.89 Å². The molecule has 2 aromatic heterocycles. The van der Waals surface area contributed by atoms with E-state index in [1.807, 2.05) is 66.7 Å². The lowest BCUT2D eigenvalue weighted by Gasteiger charge is -2.16. The number of carbonyl (C=O) groups is 1. The summed E-state index contributed by atoms with van der Waals surface area (Å²) < 4.78 is 5.57. The van der Waals surface area contributed by atoms with Crippen molar-refractivity contribution in [3.8, 4) is 11.5 Å². The molecule has 0 saturated carbocycles. The molecule has 1 N–H and O–H groups in total. The van der Waals surface area contributed by atoms with Gasteiger partial charge < -0.3 is 4.42 Å². The standard InChI is InChI=1S/C21H16N4O2/c26-19(23-21-25-24-20(27-21)17-12-7-13-22-14-17)18(15-8-3-1-4-9-15)16-10-5-2-6-11-16/h1-14,18H,(H,23,25,26). The second-order valence-corrected chi connectivity index (χ2v) is 5.90. The lowest BCUT2D eigenvalue weighted by molar-refractivity contribution is -0.116. The molecule has 0 saturated heterocycles. The highest BCUT2D eigenvalue weighted by atomic mass is 16.4. The van der Waals surface area contributed by atoms with Crippen LogP contribution in [-0.2, 0) is 4.79 Å². The molecular formula is C21H16N4O2. The number of nitrogens with zero attached hydrogens (tertiary/aromatic N) is 3. The number of amides is 1. The van der Waals surface area contributed by atoms with E-state index in [0.717, 1.165) is 11.1 Å². The van der Waals surface area contributed by atoms with E-state index >= 15 is 0 Å². The van der Waals surface area contributed by atoms with Crippen molar-refractivity contribution in [2.75, 3.05) is 5.32 Å².